The summed E-state index contributed by atoms with van der Waals surface area (Å²) in [6.07, 6.45) is 10.00. The average Bonchev–Trinajstić information content (AvgIpc) is 2.83. The lowest BCUT2D eigenvalue weighted by Crippen LogP contribution is -2.40. The molecule has 1 aromatic carbocycles. The maximum absolute atomic E-state index is 10.5. The summed E-state index contributed by atoms with van der Waals surface area (Å²) < 4.78 is 11.5. The first-order chi connectivity index (χ1) is 15.5. The molecule has 6 nitrogen and oxygen atoms in total. The van der Waals surface area contributed by atoms with E-state index in [4.69, 9.17) is 9.47 Å². The van der Waals surface area contributed by atoms with Crippen LogP contribution in [0.1, 0.15) is 56.9 Å². The number of aliphatic hydroxyl groups is 1. The van der Waals surface area contributed by atoms with Gasteiger partial charge in [0.1, 0.15) is 12.7 Å². The van der Waals surface area contributed by atoms with Crippen LogP contribution in [0.2, 0.25) is 0 Å². The number of hydrogen-bond donors (Lipinski definition) is 1. The fourth-order valence-electron chi connectivity index (χ4n) is 5.06. The molecule has 1 saturated heterocycles. The maximum atomic E-state index is 10.5. The van der Waals surface area contributed by atoms with Gasteiger partial charge in [0.05, 0.1) is 7.11 Å². The van der Waals surface area contributed by atoms with Crippen molar-refractivity contribution in [2.24, 2.45) is 0 Å². The minimum absolute atomic E-state index is 0.280. The highest BCUT2D eigenvalue weighted by molar-refractivity contribution is 5.43. The topological polar surface area (TPSA) is 48.4 Å². The Morgan fingerprint density at radius 2 is 1.75 bits per heavy atom. The summed E-state index contributed by atoms with van der Waals surface area (Å²) in [7, 11) is 5.98. The van der Waals surface area contributed by atoms with E-state index in [0.29, 0.717) is 18.3 Å². The first-order valence-corrected chi connectivity index (χ1v) is 12.6. The number of likely N-dealkylation sites (N-methyl/N-ethyl adjacent to an activating group) is 2. The minimum atomic E-state index is -0.507. The summed E-state index contributed by atoms with van der Waals surface area (Å²) in [5.74, 6) is 1.44. The molecular formula is C26H45N3O3. The Morgan fingerprint density at radius 3 is 2.47 bits per heavy atom. The lowest BCUT2D eigenvalue weighted by molar-refractivity contribution is 0.0553. The van der Waals surface area contributed by atoms with Gasteiger partial charge in [0.15, 0.2) is 11.5 Å². The molecule has 6 heteroatoms. The normalized spacial score (nSPS) is 19.4. The van der Waals surface area contributed by atoms with Crippen molar-refractivity contribution in [3.63, 3.8) is 0 Å². The number of benzene rings is 1. The standard InChI is InChI=1S/C26H45N3O3/c1-27(16-17-29-14-8-5-9-15-29)19-22-12-13-25(26(18-22)31-3)32-21-24(30)20-28(2)23-10-6-4-7-11-23/h12-13,18,23-24,30H,4-11,14-17,19-21H2,1-3H3. The van der Waals surface area contributed by atoms with Gasteiger partial charge < -0.3 is 29.3 Å². The van der Waals surface area contributed by atoms with Crippen molar-refractivity contribution in [2.45, 2.75) is 70.1 Å². The molecule has 0 radical (unpaired) electrons. The number of nitrogens with zero attached hydrogens (tertiary/aromatic N) is 3. The van der Waals surface area contributed by atoms with E-state index in [1.807, 2.05) is 6.07 Å². The molecule has 1 atom stereocenters. The maximum Gasteiger partial charge on any atom is 0.161 e. The molecule has 182 valence electrons. The van der Waals surface area contributed by atoms with Crippen LogP contribution in [0.5, 0.6) is 11.5 Å². The van der Waals surface area contributed by atoms with Crippen molar-refractivity contribution in [3.8, 4) is 11.5 Å². The van der Waals surface area contributed by atoms with Crippen molar-refractivity contribution in [3.05, 3.63) is 23.8 Å². The molecule has 1 saturated carbocycles. The summed E-state index contributed by atoms with van der Waals surface area (Å²) in [5, 5.41) is 10.5. The smallest absolute Gasteiger partial charge is 0.161 e. The molecule has 0 bridgehead atoms. The molecule has 1 N–H and O–H groups in total. The van der Waals surface area contributed by atoms with Crippen molar-refractivity contribution >= 4 is 0 Å². The average molecular weight is 448 g/mol. The van der Waals surface area contributed by atoms with Crippen LogP contribution in [0, 0.1) is 0 Å². The lowest BCUT2D eigenvalue weighted by atomic mass is 9.94. The second kappa shape index (κ2) is 13.4. The van der Waals surface area contributed by atoms with E-state index in [-0.39, 0.29) is 6.61 Å². The minimum Gasteiger partial charge on any atom is -0.493 e. The fourth-order valence-corrected chi connectivity index (χ4v) is 5.06. The number of aliphatic hydroxyl groups excluding tert-OH is 1. The Hall–Kier alpha value is -1.34. The molecule has 0 aromatic heterocycles. The quantitative estimate of drug-likeness (QED) is 0.528. The molecule has 1 unspecified atom stereocenters. The van der Waals surface area contributed by atoms with Gasteiger partial charge >= 0.3 is 0 Å². The van der Waals surface area contributed by atoms with Gasteiger partial charge in [-0.3, -0.25) is 0 Å². The molecular weight excluding hydrogens is 402 g/mol. The molecule has 1 aromatic rings. The largest absolute Gasteiger partial charge is 0.493 e. The van der Waals surface area contributed by atoms with Crippen molar-refractivity contribution in [1.82, 2.24) is 14.7 Å². The monoisotopic (exact) mass is 447 g/mol. The third-order valence-corrected chi connectivity index (χ3v) is 7.06. The predicted molar refractivity (Wildman–Crippen MR) is 131 cm³/mol. The highest BCUT2D eigenvalue weighted by atomic mass is 16.5. The van der Waals surface area contributed by atoms with Crippen LogP contribution in [-0.4, -0.2) is 92.5 Å². The van der Waals surface area contributed by atoms with Crippen molar-refractivity contribution < 1.29 is 14.6 Å². The van der Waals surface area contributed by atoms with E-state index in [1.165, 1.54) is 70.0 Å². The Morgan fingerprint density at radius 1 is 1.03 bits per heavy atom. The highest BCUT2D eigenvalue weighted by Gasteiger charge is 2.20. The lowest BCUT2D eigenvalue weighted by Gasteiger charge is -2.32. The Bertz CT molecular complexity index is 660. The number of piperidine rings is 1. The zero-order valence-electron chi connectivity index (χ0n) is 20.6. The van der Waals surface area contributed by atoms with Crippen LogP contribution in [-0.2, 0) is 6.54 Å². The number of hydrogen-bond acceptors (Lipinski definition) is 6. The summed E-state index contributed by atoms with van der Waals surface area (Å²) in [6, 6.07) is 6.74. The van der Waals surface area contributed by atoms with Crippen molar-refractivity contribution in [2.75, 3.05) is 60.5 Å². The van der Waals surface area contributed by atoms with E-state index >= 15 is 0 Å². The van der Waals surface area contributed by atoms with Gasteiger partial charge in [-0.15, -0.1) is 0 Å². The second-order valence-corrected chi connectivity index (χ2v) is 9.82. The van der Waals surface area contributed by atoms with Gasteiger partial charge in [0, 0.05) is 32.2 Å². The highest BCUT2D eigenvalue weighted by Crippen LogP contribution is 2.29. The Kier molecular flexibility index (Phi) is 10.6. The van der Waals surface area contributed by atoms with Gasteiger partial charge in [-0.05, 0) is 70.6 Å². The molecule has 0 spiro atoms. The third-order valence-electron chi connectivity index (χ3n) is 7.06. The van der Waals surface area contributed by atoms with Gasteiger partial charge in [-0.2, -0.15) is 0 Å². The molecule has 1 aliphatic heterocycles. The Balaban J connectivity index is 1.43. The van der Waals surface area contributed by atoms with Crippen LogP contribution in [0.3, 0.4) is 0 Å². The fraction of sp³-hybridized carbons (Fsp3) is 0.769. The number of likely N-dealkylation sites (tertiary alicyclic amines) is 1. The van der Waals surface area contributed by atoms with Crippen LogP contribution in [0.25, 0.3) is 0 Å². The first-order valence-electron chi connectivity index (χ1n) is 12.6. The second-order valence-electron chi connectivity index (χ2n) is 9.82. The first kappa shape index (κ1) is 25.3. The predicted octanol–water partition coefficient (Wildman–Crippen LogP) is 3.62. The van der Waals surface area contributed by atoms with Crippen LogP contribution in [0.4, 0.5) is 0 Å². The van der Waals surface area contributed by atoms with E-state index in [9.17, 15) is 5.11 Å². The van der Waals surface area contributed by atoms with Crippen LogP contribution < -0.4 is 9.47 Å². The van der Waals surface area contributed by atoms with E-state index in [2.05, 4.69) is 40.9 Å². The van der Waals surface area contributed by atoms with Gasteiger partial charge in [-0.25, -0.2) is 0 Å². The van der Waals surface area contributed by atoms with E-state index in [1.54, 1.807) is 7.11 Å². The third kappa shape index (κ3) is 8.22. The molecule has 0 amide bonds. The summed E-state index contributed by atoms with van der Waals surface area (Å²) >= 11 is 0. The number of ether oxygens (including phenoxy) is 2. The molecule has 2 fully saturated rings. The van der Waals surface area contributed by atoms with E-state index in [0.717, 1.165) is 25.4 Å². The molecule has 1 heterocycles. The van der Waals surface area contributed by atoms with E-state index < -0.39 is 6.10 Å². The number of rotatable bonds is 12. The zero-order valence-corrected chi connectivity index (χ0v) is 20.6. The van der Waals surface area contributed by atoms with Crippen LogP contribution >= 0.6 is 0 Å². The van der Waals surface area contributed by atoms with Crippen molar-refractivity contribution in [1.29, 1.82) is 0 Å². The number of methoxy groups -OCH3 is 1. The van der Waals surface area contributed by atoms with Gasteiger partial charge in [0.25, 0.3) is 0 Å². The van der Waals surface area contributed by atoms with Gasteiger partial charge in [0.2, 0.25) is 0 Å². The summed E-state index contributed by atoms with van der Waals surface area (Å²) in [4.78, 5) is 7.25. The Labute approximate surface area is 195 Å². The van der Waals surface area contributed by atoms with Gasteiger partial charge in [-0.1, -0.05) is 31.7 Å². The summed E-state index contributed by atoms with van der Waals surface area (Å²) in [6.45, 7) is 6.52. The molecule has 32 heavy (non-hydrogen) atoms. The summed E-state index contributed by atoms with van der Waals surface area (Å²) in [5.41, 5.74) is 1.22. The zero-order chi connectivity index (χ0) is 22.8. The SMILES string of the molecule is COc1cc(CN(C)CCN2CCCCC2)ccc1OCC(O)CN(C)C1CCCCC1. The molecule has 2 aliphatic rings. The molecule has 3 rings (SSSR count). The molecule has 1 aliphatic carbocycles. The van der Waals surface area contributed by atoms with Crippen LogP contribution in [0.15, 0.2) is 18.2 Å².